The van der Waals surface area contributed by atoms with E-state index in [-0.39, 0.29) is 0 Å². The monoisotopic (exact) mass is 179 g/mol. The SMILES string of the molecule is N#CC#Cc1c(F)cc(O)cc1F. The van der Waals surface area contributed by atoms with E-state index in [0.29, 0.717) is 0 Å². The van der Waals surface area contributed by atoms with Crippen molar-refractivity contribution in [2.75, 3.05) is 0 Å². The number of nitriles is 1. The summed E-state index contributed by atoms with van der Waals surface area (Å²) in [5.74, 6) is 1.36. The molecule has 0 unspecified atom stereocenters. The summed E-state index contributed by atoms with van der Waals surface area (Å²) in [6.07, 6.45) is 0. The highest BCUT2D eigenvalue weighted by Gasteiger charge is 2.07. The molecule has 4 heteroatoms. The zero-order valence-electron chi connectivity index (χ0n) is 6.31. The molecule has 13 heavy (non-hydrogen) atoms. The van der Waals surface area contributed by atoms with Gasteiger partial charge in [-0.3, -0.25) is 0 Å². The number of phenols is 1. The zero-order chi connectivity index (χ0) is 9.84. The van der Waals surface area contributed by atoms with Gasteiger partial charge in [0.1, 0.15) is 17.4 Å². The molecule has 0 aliphatic carbocycles. The molecule has 0 aliphatic heterocycles. The Morgan fingerprint density at radius 3 is 2.23 bits per heavy atom. The highest BCUT2D eigenvalue weighted by molar-refractivity contribution is 5.42. The number of rotatable bonds is 0. The van der Waals surface area contributed by atoms with Crippen LogP contribution in [0.5, 0.6) is 5.75 Å². The summed E-state index contributed by atoms with van der Waals surface area (Å²) in [5.41, 5.74) is -0.514. The highest BCUT2D eigenvalue weighted by Crippen LogP contribution is 2.18. The van der Waals surface area contributed by atoms with Gasteiger partial charge < -0.3 is 5.11 Å². The van der Waals surface area contributed by atoms with E-state index in [2.05, 4.69) is 0 Å². The highest BCUT2D eigenvalue weighted by atomic mass is 19.1. The van der Waals surface area contributed by atoms with Gasteiger partial charge in [-0.1, -0.05) is 0 Å². The van der Waals surface area contributed by atoms with Crippen LogP contribution in [0.4, 0.5) is 8.78 Å². The fraction of sp³-hybridized carbons (Fsp3) is 0. The molecule has 1 rings (SSSR count). The summed E-state index contributed by atoms with van der Waals surface area (Å²) in [6, 6.07) is 2.88. The number of phenolic OH excluding ortho intramolecular Hbond substituents is 1. The van der Waals surface area contributed by atoms with E-state index in [1.165, 1.54) is 6.07 Å². The number of benzene rings is 1. The molecule has 0 aliphatic rings. The Kier molecular flexibility index (Phi) is 2.47. The summed E-state index contributed by atoms with van der Waals surface area (Å²) in [4.78, 5) is 0. The average Bonchev–Trinajstić information content (AvgIpc) is 2.02. The van der Waals surface area contributed by atoms with Gasteiger partial charge >= 0.3 is 0 Å². The maximum Gasteiger partial charge on any atom is 0.152 e. The van der Waals surface area contributed by atoms with Crippen LogP contribution in [0.1, 0.15) is 5.56 Å². The van der Waals surface area contributed by atoms with Gasteiger partial charge in [-0.05, 0) is 5.92 Å². The Morgan fingerprint density at radius 1 is 1.23 bits per heavy atom. The van der Waals surface area contributed by atoms with E-state index in [0.717, 1.165) is 12.1 Å². The van der Waals surface area contributed by atoms with E-state index < -0.39 is 22.9 Å². The number of hydrogen-bond acceptors (Lipinski definition) is 2. The molecule has 0 saturated heterocycles. The molecule has 1 aromatic carbocycles. The molecule has 0 amide bonds. The molecule has 1 aromatic rings. The Labute approximate surface area is 73.0 Å². The third kappa shape index (κ3) is 1.94. The third-order valence-corrected chi connectivity index (χ3v) is 1.27. The topological polar surface area (TPSA) is 44.0 Å². The first kappa shape index (κ1) is 9.02. The minimum absolute atomic E-state index is 0.514. The largest absolute Gasteiger partial charge is 0.508 e. The molecule has 0 radical (unpaired) electrons. The Bertz CT molecular complexity index is 414. The van der Waals surface area contributed by atoms with Gasteiger partial charge in [0.05, 0.1) is 5.56 Å². The predicted octanol–water partition coefficient (Wildman–Crippen LogP) is 1.55. The summed E-state index contributed by atoms with van der Waals surface area (Å²) in [7, 11) is 0. The van der Waals surface area contributed by atoms with Crippen molar-refractivity contribution in [2.24, 2.45) is 0 Å². The normalized spacial score (nSPS) is 8.38. The fourth-order valence-electron chi connectivity index (χ4n) is 0.770. The van der Waals surface area contributed by atoms with E-state index >= 15 is 0 Å². The van der Waals surface area contributed by atoms with Crippen LogP contribution in [0, 0.1) is 34.8 Å². The van der Waals surface area contributed by atoms with Crippen molar-refractivity contribution in [3.8, 4) is 23.7 Å². The molecular formula is C9H3F2NO. The smallest absolute Gasteiger partial charge is 0.152 e. The molecule has 0 heterocycles. The molecule has 64 valence electrons. The van der Waals surface area contributed by atoms with Crippen LogP contribution >= 0.6 is 0 Å². The molecule has 0 fully saturated rings. The van der Waals surface area contributed by atoms with Crippen LogP contribution in [-0.4, -0.2) is 5.11 Å². The number of aromatic hydroxyl groups is 1. The Hall–Kier alpha value is -2.07. The lowest BCUT2D eigenvalue weighted by Gasteiger charge is -1.97. The van der Waals surface area contributed by atoms with Crippen LogP contribution < -0.4 is 0 Å². The van der Waals surface area contributed by atoms with Crippen LogP contribution in [0.15, 0.2) is 12.1 Å². The first-order valence-electron chi connectivity index (χ1n) is 3.23. The second kappa shape index (κ2) is 3.55. The first-order valence-corrected chi connectivity index (χ1v) is 3.23. The quantitative estimate of drug-likeness (QED) is 0.614. The molecular weight excluding hydrogens is 176 g/mol. The molecule has 0 bridgehead atoms. The van der Waals surface area contributed by atoms with Gasteiger partial charge in [0, 0.05) is 18.1 Å². The van der Waals surface area contributed by atoms with Crippen LogP contribution in [-0.2, 0) is 0 Å². The number of hydrogen-bond donors (Lipinski definition) is 1. The molecule has 1 N–H and O–H groups in total. The minimum Gasteiger partial charge on any atom is -0.508 e. The summed E-state index contributed by atoms with van der Waals surface area (Å²) >= 11 is 0. The molecule has 0 aromatic heterocycles. The van der Waals surface area contributed by atoms with Crippen molar-refractivity contribution in [3.05, 3.63) is 29.3 Å². The zero-order valence-corrected chi connectivity index (χ0v) is 6.31. The molecule has 0 saturated carbocycles. The lowest BCUT2D eigenvalue weighted by Crippen LogP contribution is -1.89. The third-order valence-electron chi connectivity index (χ3n) is 1.27. The maximum atomic E-state index is 12.8. The minimum atomic E-state index is -0.986. The second-order valence-corrected chi connectivity index (χ2v) is 2.15. The molecule has 0 spiro atoms. The van der Waals surface area contributed by atoms with Crippen LogP contribution in [0.2, 0.25) is 0 Å². The second-order valence-electron chi connectivity index (χ2n) is 2.15. The lowest BCUT2D eigenvalue weighted by molar-refractivity contribution is 0.459. The van der Waals surface area contributed by atoms with Gasteiger partial charge in [0.15, 0.2) is 6.07 Å². The van der Waals surface area contributed by atoms with Gasteiger partial charge in [0.25, 0.3) is 0 Å². The summed E-state index contributed by atoms with van der Waals surface area (Å²) in [5, 5.41) is 16.8. The van der Waals surface area contributed by atoms with E-state index in [9.17, 15) is 8.78 Å². The Balaban J connectivity index is 3.31. The fourth-order valence-corrected chi connectivity index (χ4v) is 0.770. The predicted molar refractivity (Wildman–Crippen MR) is 40.5 cm³/mol. The van der Waals surface area contributed by atoms with Crippen molar-refractivity contribution < 1.29 is 13.9 Å². The van der Waals surface area contributed by atoms with E-state index in [1.54, 1.807) is 0 Å². The van der Waals surface area contributed by atoms with Crippen molar-refractivity contribution in [1.82, 2.24) is 0 Å². The van der Waals surface area contributed by atoms with E-state index in [4.69, 9.17) is 10.4 Å². The number of nitrogens with zero attached hydrogens (tertiary/aromatic N) is 1. The maximum absolute atomic E-state index is 12.8. The number of halogens is 2. The van der Waals surface area contributed by atoms with E-state index in [1.807, 2.05) is 11.8 Å². The first-order chi connectivity index (χ1) is 6.15. The van der Waals surface area contributed by atoms with Crippen molar-refractivity contribution in [1.29, 1.82) is 5.26 Å². The van der Waals surface area contributed by atoms with Gasteiger partial charge in [-0.2, -0.15) is 5.26 Å². The van der Waals surface area contributed by atoms with Crippen LogP contribution in [0.3, 0.4) is 0 Å². The van der Waals surface area contributed by atoms with Gasteiger partial charge in [-0.25, -0.2) is 8.78 Å². The van der Waals surface area contributed by atoms with Crippen molar-refractivity contribution in [2.45, 2.75) is 0 Å². The van der Waals surface area contributed by atoms with Crippen molar-refractivity contribution >= 4 is 0 Å². The average molecular weight is 179 g/mol. The molecule has 0 atom stereocenters. The molecule has 2 nitrogen and oxygen atoms in total. The Morgan fingerprint density at radius 2 is 1.77 bits per heavy atom. The van der Waals surface area contributed by atoms with Crippen LogP contribution in [0.25, 0.3) is 0 Å². The van der Waals surface area contributed by atoms with Crippen molar-refractivity contribution in [3.63, 3.8) is 0 Å². The lowest BCUT2D eigenvalue weighted by atomic mass is 10.2. The summed E-state index contributed by atoms with van der Waals surface area (Å²) < 4.78 is 25.6. The standard InChI is InChI=1S/C9H3F2NO/c10-8-4-6(13)5-9(11)7(8)2-1-3-12/h4-5,13H. The van der Waals surface area contributed by atoms with Gasteiger partial charge in [0.2, 0.25) is 0 Å². The van der Waals surface area contributed by atoms with Gasteiger partial charge in [-0.15, -0.1) is 0 Å². The summed E-state index contributed by atoms with van der Waals surface area (Å²) in [6.45, 7) is 0.